The van der Waals surface area contributed by atoms with E-state index >= 15 is 0 Å². The van der Waals surface area contributed by atoms with Gasteiger partial charge in [0.05, 0.1) is 0 Å². The molecule has 1 N–H and O–H groups in total. The third kappa shape index (κ3) is 6.13. The van der Waals surface area contributed by atoms with E-state index < -0.39 is 0 Å². The Morgan fingerprint density at radius 3 is 2.53 bits per heavy atom. The normalized spacial score (nSPS) is 15.4. The lowest BCUT2D eigenvalue weighted by Crippen LogP contribution is -2.43. The molecule has 1 aliphatic rings. The molecule has 2 amide bonds. The number of piperidine rings is 1. The van der Waals surface area contributed by atoms with Gasteiger partial charge in [0, 0.05) is 36.7 Å². The second kappa shape index (κ2) is 12.2. The van der Waals surface area contributed by atoms with Gasteiger partial charge in [-0.15, -0.1) is 0 Å². The number of hydrogen-bond donors (Lipinski definition) is 1. The van der Waals surface area contributed by atoms with E-state index in [9.17, 15) is 9.59 Å². The molecule has 2 heterocycles. The van der Waals surface area contributed by atoms with Crippen LogP contribution in [0.3, 0.4) is 0 Å². The number of amides is 2. The third-order valence-corrected chi connectivity index (χ3v) is 7.45. The third-order valence-electron chi connectivity index (χ3n) is 7.45. The van der Waals surface area contributed by atoms with Gasteiger partial charge in [-0.25, -0.2) is 4.98 Å². The van der Waals surface area contributed by atoms with E-state index in [1.807, 2.05) is 60.4 Å². The van der Waals surface area contributed by atoms with Crippen LogP contribution >= 0.6 is 0 Å². The molecule has 7 heteroatoms. The number of rotatable bonds is 10. The number of hydrogen-bond acceptors (Lipinski definition) is 5. The minimum absolute atomic E-state index is 0.00752. The van der Waals surface area contributed by atoms with Gasteiger partial charge in [0.2, 0.25) is 11.8 Å². The maximum Gasteiger partial charge on any atom is 0.253 e. The summed E-state index contributed by atoms with van der Waals surface area (Å²) in [4.78, 5) is 34.7. The molecular formula is C29H38N4O3. The quantitative estimate of drug-likeness (QED) is 0.412. The van der Waals surface area contributed by atoms with Crippen molar-refractivity contribution < 1.29 is 14.0 Å². The standard InChI is InChI=1S/C29H38N4O3/c1-4-32(5-2)17-9-16-30-27(34)21(3)22-14-18-33(19-15-22)29(35)24-12-13-26-25(20-24)31-28(36-26)23-10-7-6-8-11-23/h6-8,10-13,20-22H,4-5,9,14-19H2,1-3H3,(H,30,34). The molecule has 3 aromatic rings. The molecule has 1 aromatic heterocycles. The largest absolute Gasteiger partial charge is 0.436 e. The Bertz CT molecular complexity index is 1150. The van der Waals surface area contributed by atoms with Crippen molar-refractivity contribution in [1.82, 2.24) is 20.1 Å². The van der Waals surface area contributed by atoms with Crippen molar-refractivity contribution in [3.8, 4) is 11.5 Å². The molecular weight excluding hydrogens is 452 g/mol. The summed E-state index contributed by atoms with van der Waals surface area (Å²) in [5.41, 5.74) is 2.88. The molecule has 2 aromatic carbocycles. The van der Waals surface area contributed by atoms with Crippen LogP contribution in [0, 0.1) is 11.8 Å². The second-order valence-corrected chi connectivity index (χ2v) is 9.66. The Morgan fingerprint density at radius 2 is 1.83 bits per heavy atom. The number of carbonyl (C=O) groups is 2. The van der Waals surface area contributed by atoms with Gasteiger partial charge in [-0.05, 0) is 75.1 Å². The first-order valence-electron chi connectivity index (χ1n) is 13.3. The number of likely N-dealkylation sites (tertiary alicyclic amines) is 1. The van der Waals surface area contributed by atoms with Crippen LogP contribution in [0.2, 0.25) is 0 Å². The molecule has 192 valence electrons. The van der Waals surface area contributed by atoms with Crippen LogP contribution in [0.15, 0.2) is 52.9 Å². The molecule has 1 atom stereocenters. The topological polar surface area (TPSA) is 78.7 Å². The van der Waals surface area contributed by atoms with Crippen molar-refractivity contribution in [3.05, 3.63) is 54.1 Å². The number of nitrogens with one attached hydrogen (secondary N) is 1. The fourth-order valence-electron chi connectivity index (χ4n) is 4.98. The monoisotopic (exact) mass is 490 g/mol. The van der Waals surface area contributed by atoms with E-state index in [1.165, 1.54) is 0 Å². The highest BCUT2D eigenvalue weighted by Crippen LogP contribution is 2.28. The molecule has 4 rings (SSSR count). The number of oxazole rings is 1. The van der Waals surface area contributed by atoms with Gasteiger partial charge in [0.15, 0.2) is 5.58 Å². The van der Waals surface area contributed by atoms with E-state index in [-0.39, 0.29) is 17.7 Å². The summed E-state index contributed by atoms with van der Waals surface area (Å²) in [6, 6.07) is 15.2. The lowest BCUT2D eigenvalue weighted by molar-refractivity contribution is -0.126. The minimum atomic E-state index is -0.0430. The van der Waals surface area contributed by atoms with Crippen LogP contribution in [0.1, 0.15) is 50.4 Å². The first-order valence-corrected chi connectivity index (χ1v) is 13.3. The molecule has 0 spiro atoms. The predicted octanol–water partition coefficient (Wildman–Crippen LogP) is 4.83. The maximum atomic E-state index is 13.2. The zero-order valence-electron chi connectivity index (χ0n) is 21.7. The van der Waals surface area contributed by atoms with Gasteiger partial charge in [-0.2, -0.15) is 0 Å². The Labute approximate surface area is 213 Å². The number of aromatic nitrogens is 1. The average molecular weight is 491 g/mol. The summed E-state index contributed by atoms with van der Waals surface area (Å²) in [5.74, 6) is 0.941. The molecule has 0 saturated carbocycles. The molecule has 7 nitrogen and oxygen atoms in total. The Hall–Kier alpha value is -3.19. The zero-order chi connectivity index (χ0) is 25.5. The first-order chi connectivity index (χ1) is 17.5. The van der Waals surface area contributed by atoms with Crippen LogP contribution in [0.4, 0.5) is 0 Å². The van der Waals surface area contributed by atoms with Gasteiger partial charge in [0.1, 0.15) is 5.52 Å². The molecule has 1 aliphatic heterocycles. The average Bonchev–Trinajstić information content (AvgIpc) is 3.36. The Balaban J connectivity index is 1.28. The predicted molar refractivity (Wildman–Crippen MR) is 143 cm³/mol. The lowest BCUT2D eigenvalue weighted by atomic mass is 9.84. The molecule has 1 unspecified atom stereocenters. The molecule has 1 saturated heterocycles. The van der Waals surface area contributed by atoms with E-state index in [0.717, 1.165) is 44.5 Å². The van der Waals surface area contributed by atoms with Crippen molar-refractivity contribution >= 4 is 22.9 Å². The molecule has 0 aliphatic carbocycles. The smallest absolute Gasteiger partial charge is 0.253 e. The maximum absolute atomic E-state index is 13.2. The Morgan fingerprint density at radius 1 is 1.11 bits per heavy atom. The SMILES string of the molecule is CCN(CC)CCCNC(=O)C(C)C1CCN(C(=O)c2ccc3oc(-c4ccccc4)nc3c2)CC1. The summed E-state index contributed by atoms with van der Waals surface area (Å²) in [5, 5.41) is 3.11. The lowest BCUT2D eigenvalue weighted by Gasteiger charge is -2.34. The summed E-state index contributed by atoms with van der Waals surface area (Å²) < 4.78 is 5.88. The summed E-state index contributed by atoms with van der Waals surface area (Å²) in [6.45, 7) is 11.5. The van der Waals surface area contributed by atoms with E-state index in [1.54, 1.807) is 0 Å². The van der Waals surface area contributed by atoms with Crippen molar-refractivity contribution in [1.29, 1.82) is 0 Å². The fourth-order valence-corrected chi connectivity index (χ4v) is 4.98. The van der Waals surface area contributed by atoms with Crippen LogP contribution in [-0.2, 0) is 4.79 Å². The van der Waals surface area contributed by atoms with Gasteiger partial charge in [-0.1, -0.05) is 39.0 Å². The highest BCUT2D eigenvalue weighted by Gasteiger charge is 2.30. The first kappa shape index (κ1) is 25.9. The van der Waals surface area contributed by atoms with Crippen LogP contribution in [-0.4, -0.2) is 65.9 Å². The zero-order valence-corrected chi connectivity index (χ0v) is 21.7. The van der Waals surface area contributed by atoms with Crippen molar-refractivity contribution in [2.75, 3.05) is 39.3 Å². The van der Waals surface area contributed by atoms with Gasteiger partial charge >= 0.3 is 0 Å². The van der Waals surface area contributed by atoms with E-state index in [2.05, 4.69) is 29.0 Å². The highest BCUT2D eigenvalue weighted by molar-refractivity contribution is 5.97. The molecule has 36 heavy (non-hydrogen) atoms. The summed E-state index contributed by atoms with van der Waals surface area (Å²) >= 11 is 0. The van der Waals surface area contributed by atoms with Crippen LogP contribution in [0.5, 0.6) is 0 Å². The number of carbonyl (C=O) groups excluding carboxylic acids is 2. The van der Waals surface area contributed by atoms with E-state index in [0.29, 0.717) is 48.1 Å². The molecule has 1 fully saturated rings. The van der Waals surface area contributed by atoms with Crippen LogP contribution < -0.4 is 5.32 Å². The van der Waals surface area contributed by atoms with Crippen LogP contribution in [0.25, 0.3) is 22.6 Å². The fraction of sp³-hybridized carbons (Fsp3) is 0.483. The van der Waals surface area contributed by atoms with Crippen molar-refractivity contribution in [3.63, 3.8) is 0 Å². The second-order valence-electron chi connectivity index (χ2n) is 9.66. The van der Waals surface area contributed by atoms with Gasteiger partial charge in [0.25, 0.3) is 5.91 Å². The summed E-state index contributed by atoms with van der Waals surface area (Å²) in [7, 11) is 0. The molecule has 0 radical (unpaired) electrons. The number of benzene rings is 2. The van der Waals surface area contributed by atoms with Crippen molar-refractivity contribution in [2.24, 2.45) is 11.8 Å². The van der Waals surface area contributed by atoms with Gasteiger partial charge < -0.3 is 19.5 Å². The molecule has 0 bridgehead atoms. The number of fused-ring (bicyclic) bond motifs is 1. The summed E-state index contributed by atoms with van der Waals surface area (Å²) in [6.07, 6.45) is 2.64. The van der Waals surface area contributed by atoms with Gasteiger partial charge in [-0.3, -0.25) is 9.59 Å². The Kier molecular flexibility index (Phi) is 8.75. The minimum Gasteiger partial charge on any atom is -0.436 e. The van der Waals surface area contributed by atoms with E-state index in [4.69, 9.17) is 4.42 Å². The van der Waals surface area contributed by atoms with Crippen molar-refractivity contribution in [2.45, 2.75) is 40.0 Å². The highest BCUT2D eigenvalue weighted by atomic mass is 16.3. The number of nitrogens with zero attached hydrogens (tertiary/aromatic N) is 3.